The number of rotatable bonds is 4. The molecule has 120 valence electrons. The van der Waals surface area contributed by atoms with E-state index in [0.29, 0.717) is 37.4 Å². The Morgan fingerprint density at radius 2 is 2.14 bits per heavy atom. The SMILES string of the molecule is CC(=O)N1CCCC(O)(C(=O)NCCc2ccccc2Cl)C1. The van der Waals surface area contributed by atoms with Gasteiger partial charge in [-0.2, -0.15) is 0 Å². The molecule has 1 saturated heterocycles. The van der Waals surface area contributed by atoms with Crippen LogP contribution in [0.4, 0.5) is 0 Å². The normalized spacial score (nSPS) is 21.5. The van der Waals surface area contributed by atoms with Crippen LogP contribution in [0.5, 0.6) is 0 Å². The first-order chi connectivity index (χ1) is 10.4. The maximum Gasteiger partial charge on any atom is 0.253 e. The first kappa shape index (κ1) is 16.8. The Morgan fingerprint density at radius 1 is 1.41 bits per heavy atom. The van der Waals surface area contributed by atoms with Crippen molar-refractivity contribution in [3.8, 4) is 0 Å². The third-order valence-electron chi connectivity index (χ3n) is 3.98. The molecule has 0 spiro atoms. The monoisotopic (exact) mass is 324 g/mol. The van der Waals surface area contributed by atoms with Gasteiger partial charge in [-0.1, -0.05) is 29.8 Å². The summed E-state index contributed by atoms with van der Waals surface area (Å²) in [7, 11) is 0. The number of carbonyl (C=O) groups is 2. The van der Waals surface area contributed by atoms with E-state index in [1.54, 1.807) is 6.07 Å². The van der Waals surface area contributed by atoms with Crippen molar-refractivity contribution >= 4 is 23.4 Å². The van der Waals surface area contributed by atoms with Gasteiger partial charge in [-0.3, -0.25) is 9.59 Å². The van der Waals surface area contributed by atoms with Crippen molar-refractivity contribution in [2.45, 2.75) is 31.8 Å². The fourth-order valence-corrected chi connectivity index (χ4v) is 2.90. The maximum atomic E-state index is 12.2. The molecule has 0 aromatic heterocycles. The van der Waals surface area contributed by atoms with E-state index in [1.807, 2.05) is 18.2 Å². The van der Waals surface area contributed by atoms with Crippen LogP contribution in [0.25, 0.3) is 0 Å². The summed E-state index contributed by atoms with van der Waals surface area (Å²) in [6.07, 6.45) is 1.58. The lowest BCUT2D eigenvalue weighted by Gasteiger charge is -2.37. The Balaban J connectivity index is 1.88. The summed E-state index contributed by atoms with van der Waals surface area (Å²) in [5.41, 5.74) is -0.546. The van der Waals surface area contributed by atoms with Gasteiger partial charge in [-0.15, -0.1) is 0 Å². The van der Waals surface area contributed by atoms with Gasteiger partial charge in [-0.05, 0) is 30.9 Å². The second-order valence-electron chi connectivity index (χ2n) is 5.67. The van der Waals surface area contributed by atoms with Crippen molar-refractivity contribution < 1.29 is 14.7 Å². The molecule has 1 heterocycles. The average molecular weight is 325 g/mol. The highest BCUT2D eigenvalue weighted by atomic mass is 35.5. The van der Waals surface area contributed by atoms with Crippen molar-refractivity contribution in [3.05, 3.63) is 34.9 Å². The first-order valence-electron chi connectivity index (χ1n) is 7.42. The quantitative estimate of drug-likeness (QED) is 0.879. The van der Waals surface area contributed by atoms with E-state index in [0.717, 1.165) is 5.56 Å². The zero-order valence-corrected chi connectivity index (χ0v) is 13.4. The van der Waals surface area contributed by atoms with Gasteiger partial charge in [0.15, 0.2) is 5.60 Å². The Morgan fingerprint density at radius 3 is 2.82 bits per heavy atom. The number of hydrogen-bond acceptors (Lipinski definition) is 3. The predicted octanol–water partition coefficient (Wildman–Crippen LogP) is 1.37. The van der Waals surface area contributed by atoms with Crippen LogP contribution >= 0.6 is 11.6 Å². The van der Waals surface area contributed by atoms with E-state index < -0.39 is 11.5 Å². The number of β-amino-alcohol motifs (C(OH)–C–C–N with tert-alkyl or cyclic N) is 1. The second kappa shape index (κ2) is 7.11. The standard InChI is InChI=1S/C16H21ClN2O3/c1-12(20)19-10-4-8-16(22,11-19)15(21)18-9-7-13-5-2-3-6-14(13)17/h2-3,5-6,22H,4,7-11H2,1H3,(H,18,21). The van der Waals surface area contributed by atoms with Crippen LogP contribution in [-0.4, -0.2) is 47.1 Å². The molecule has 1 aliphatic rings. The molecule has 5 nitrogen and oxygen atoms in total. The van der Waals surface area contributed by atoms with E-state index in [9.17, 15) is 14.7 Å². The minimum atomic E-state index is -1.50. The summed E-state index contributed by atoms with van der Waals surface area (Å²) in [4.78, 5) is 25.2. The van der Waals surface area contributed by atoms with Gasteiger partial charge in [0.25, 0.3) is 5.91 Å². The van der Waals surface area contributed by atoms with E-state index in [2.05, 4.69) is 5.32 Å². The second-order valence-corrected chi connectivity index (χ2v) is 6.08. The van der Waals surface area contributed by atoms with Crippen LogP contribution in [0.15, 0.2) is 24.3 Å². The molecule has 1 atom stereocenters. The lowest BCUT2D eigenvalue weighted by Crippen LogP contribution is -2.58. The number of carbonyl (C=O) groups excluding carboxylic acids is 2. The Hall–Kier alpha value is -1.59. The molecule has 2 amide bonds. The third kappa shape index (κ3) is 3.99. The van der Waals surface area contributed by atoms with Gasteiger partial charge >= 0.3 is 0 Å². The summed E-state index contributed by atoms with van der Waals surface area (Å²) in [5.74, 6) is -0.549. The zero-order chi connectivity index (χ0) is 16.2. The molecule has 0 saturated carbocycles. The van der Waals surface area contributed by atoms with E-state index in [-0.39, 0.29) is 12.5 Å². The van der Waals surface area contributed by atoms with Crippen molar-refractivity contribution in [1.82, 2.24) is 10.2 Å². The number of halogens is 1. The minimum Gasteiger partial charge on any atom is -0.378 e. The molecular weight excluding hydrogens is 304 g/mol. The van der Waals surface area contributed by atoms with Crippen molar-refractivity contribution in [3.63, 3.8) is 0 Å². The molecule has 2 rings (SSSR count). The molecule has 2 N–H and O–H groups in total. The average Bonchev–Trinajstić information content (AvgIpc) is 2.49. The van der Waals surface area contributed by atoms with Gasteiger partial charge in [-0.25, -0.2) is 0 Å². The molecule has 0 bridgehead atoms. The summed E-state index contributed by atoms with van der Waals surface area (Å²) < 4.78 is 0. The summed E-state index contributed by atoms with van der Waals surface area (Å²) >= 11 is 6.06. The molecule has 1 fully saturated rings. The molecule has 0 aliphatic carbocycles. The Labute approximate surface area is 135 Å². The van der Waals surface area contributed by atoms with Gasteiger partial charge in [0.2, 0.25) is 5.91 Å². The fourth-order valence-electron chi connectivity index (χ4n) is 2.67. The van der Waals surface area contributed by atoms with Crippen LogP contribution in [0.1, 0.15) is 25.3 Å². The Kier molecular flexibility index (Phi) is 5.42. The largest absolute Gasteiger partial charge is 0.378 e. The molecule has 1 aromatic carbocycles. The lowest BCUT2D eigenvalue weighted by molar-refractivity contribution is -0.150. The number of benzene rings is 1. The lowest BCUT2D eigenvalue weighted by atomic mass is 9.91. The van der Waals surface area contributed by atoms with Gasteiger partial charge in [0, 0.05) is 25.0 Å². The van der Waals surface area contributed by atoms with Crippen LogP contribution in [0.2, 0.25) is 5.02 Å². The molecule has 22 heavy (non-hydrogen) atoms. The summed E-state index contributed by atoms with van der Waals surface area (Å²) in [6.45, 7) is 2.48. The molecule has 1 aliphatic heterocycles. The molecular formula is C16H21ClN2O3. The topological polar surface area (TPSA) is 69.6 Å². The van der Waals surface area contributed by atoms with Crippen molar-refractivity contribution in [2.75, 3.05) is 19.6 Å². The van der Waals surface area contributed by atoms with Crippen molar-refractivity contribution in [2.24, 2.45) is 0 Å². The fraction of sp³-hybridized carbons (Fsp3) is 0.500. The van der Waals surface area contributed by atoms with Crippen LogP contribution < -0.4 is 5.32 Å². The highest BCUT2D eigenvalue weighted by Crippen LogP contribution is 2.21. The molecule has 6 heteroatoms. The zero-order valence-electron chi connectivity index (χ0n) is 12.6. The molecule has 1 unspecified atom stereocenters. The number of likely N-dealkylation sites (tertiary alicyclic amines) is 1. The van der Waals surface area contributed by atoms with Crippen molar-refractivity contribution in [1.29, 1.82) is 0 Å². The summed E-state index contributed by atoms with van der Waals surface area (Å²) in [6, 6.07) is 7.45. The van der Waals surface area contributed by atoms with Crippen LogP contribution in [-0.2, 0) is 16.0 Å². The first-order valence-corrected chi connectivity index (χ1v) is 7.80. The number of piperidine rings is 1. The smallest absolute Gasteiger partial charge is 0.253 e. The van der Waals surface area contributed by atoms with Gasteiger partial charge in [0.05, 0.1) is 6.54 Å². The molecule has 0 radical (unpaired) electrons. The Bertz CT molecular complexity index is 564. The number of amides is 2. The van der Waals surface area contributed by atoms with Gasteiger partial charge in [0.1, 0.15) is 0 Å². The highest BCUT2D eigenvalue weighted by molar-refractivity contribution is 6.31. The van der Waals surface area contributed by atoms with Gasteiger partial charge < -0.3 is 15.3 Å². The van der Waals surface area contributed by atoms with Crippen LogP contribution in [0, 0.1) is 0 Å². The number of nitrogens with zero attached hydrogens (tertiary/aromatic N) is 1. The highest BCUT2D eigenvalue weighted by Gasteiger charge is 2.40. The predicted molar refractivity (Wildman–Crippen MR) is 84.6 cm³/mol. The third-order valence-corrected chi connectivity index (χ3v) is 4.35. The summed E-state index contributed by atoms with van der Waals surface area (Å²) in [5, 5.41) is 13.9. The number of aliphatic hydroxyl groups is 1. The molecule has 1 aromatic rings. The minimum absolute atomic E-state index is 0.0558. The van der Waals surface area contributed by atoms with E-state index in [1.165, 1.54) is 11.8 Å². The van der Waals surface area contributed by atoms with E-state index in [4.69, 9.17) is 11.6 Å². The number of hydrogen-bond donors (Lipinski definition) is 2. The maximum absolute atomic E-state index is 12.2. The number of nitrogens with one attached hydrogen (secondary N) is 1. The van der Waals surface area contributed by atoms with E-state index >= 15 is 0 Å². The van der Waals surface area contributed by atoms with Crippen LogP contribution in [0.3, 0.4) is 0 Å².